The first kappa shape index (κ1) is 12.8. The molecular formula is C12H18N4O2. The molecule has 1 aromatic heterocycles. The first-order valence-electron chi connectivity index (χ1n) is 6.21. The molecule has 18 heavy (non-hydrogen) atoms. The number of anilines is 1. The van der Waals surface area contributed by atoms with Gasteiger partial charge in [0.2, 0.25) is 0 Å². The number of amides is 1. The van der Waals surface area contributed by atoms with Gasteiger partial charge in [0.15, 0.2) is 11.5 Å². The van der Waals surface area contributed by atoms with Crippen molar-refractivity contribution in [3.8, 4) is 0 Å². The zero-order chi connectivity index (χ0) is 13.0. The lowest BCUT2D eigenvalue weighted by molar-refractivity contribution is 0.0662. The van der Waals surface area contributed by atoms with Crippen molar-refractivity contribution in [1.29, 1.82) is 0 Å². The van der Waals surface area contributed by atoms with Crippen molar-refractivity contribution >= 4 is 11.7 Å². The predicted octanol–water partition coefficient (Wildman–Crippen LogP) is 0.340. The van der Waals surface area contributed by atoms with E-state index < -0.39 is 0 Å². The minimum atomic E-state index is -0.335. The number of carbonyl (C=O) groups excluding carboxylic acids is 1. The molecule has 2 unspecified atom stereocenters. The Bertz CT molecular complexity index is 424. The van der Waals surface area contributed by atoms with Crippen LogP contribution in [0.25, 0.3) is 0 Å². The van der Waals surface area contributed by atoms with Gasteiger partial charge in [0.25, 0.3) is 5.91 Å². The summed E-state index contributed by atoms with van der Waals surface area (Å²) < 4.78 is 0. The summed E-state index contributed by atoms with van der Waals surface area (Å²) in [6.45, 7) is 0.454. The zero-order valence-corrected chi connectivity index (χ0v) is 10.2. The molecule has 1 aliphatic carbocycles. The standard InChI is InChI=1S/C12H18N4O2/c13-11-10(14-5-6-15-11)12(18)16-7-8-3-1-2-4-9(8)17/h5-6,8-9,17H,1-4,7H2,(H2,13,15)(H,16,18). The molecule has 0 spiro atoms. The van der Waals surface area contributed by atoms with Crippen LogP contribution in [0.3, 0.4) is 0 Å². The van der Waals surface area contributed by atoms with Crippen LogP contribution in [0.2, 0.25) is 0 Å². The highest BCUT2D eigenvalue weighted by Crippen LogP contribution is 2.23. The van der Waals surface area contributed by atoms with Gasteiger partial charge in [-0.25, -0.2) is 9.97 Å². The number of aliphatic hydroxyl groups excluding tert-OH is 1. The number of nitrogen functional groups attached to an aromatic ring is 1. The Hall–Kier alpha value is -1.69. The highest BCUT2D eigenvalue weighted by atomic mass is 16.3. The summed E-state index contributed by atoms with van der Waals surface area (Å²) in [5.74, 6) is -0.0850. The molecule has 2 rings (SSSR count). The third-order valence-corrected chi connectivity index (χ3v) is 3.34. The average Bonchev–Trinajstić information content (AvgIpc) is 2.38. The van der Waals surface area contributed by atoms with Gasteiger partial charge >= 0.3 is 0 Å². The lowest BCUT2D eigenvalue weighted by Gasteiger charge is -2.27. The molecule has 0 radical (unpaired) electrons. The zero-order valence-electron chi connectivity index (χ0n) is 10.2. The maximum Gasteiger partial charge on any atom is 0.273 e. The van der Waals surface area contributed by atoms with Crippen molar-refractivity contribution in [3.05, 3.63) is 18.1 Å². The molecule has 2 atom stereocenters. The fourth-order valence-corrected chi connectivity index (χ4v) is 2.26. The fraction of sp³-hybridized carbons (Fsp3) is 0.583. The van der Waals surface area contributed by atoms with Gasteiger partial charge in [0.1, 0.15) is 0 Å². The Morgan fingerprint density at radius 1 is 1.39 bits per heavy atom. The Labute approximate surface area is 106 Å². The molecule has 1 saturated carbocycles. The van der Waals surface area contributed by atoms with Gasteiger partial charge in [0, 0.05) is 24.9 Å². The summed E-state index contributed by atoms with van der Waals surface area (Å²) in [5, 5.41) is 12.6. The largest absolute Gasteiger partial charge is 0.393 e. The molecule has 1 aromatic rings. The highest BCUT2D eigenvalue weighted by molar-refractivity contribution is 5.96. The molecular weight excluding hydrogens is 232 g/mol. The maximum absolute atomic E-state index is 11.8. The molecule has 0 aliphatic heterocycles. The maximum atomic E-state index is 11.8. The third-order valence-electron chi connectivity index (χ3n) is 3.34. The summed E-state index contributed by atoms with van der Waals surface area (Å²) in [5.41, 5.74) is 5.72. The number of aliphatic hydroxyl groups is 1. The fourth-order valence-electron chi connectivity index (χ4n) is 2.26. The van der Waals surface area contributed by atoms with E-state index in [1.165, 1.54) is 12.4 Å². The number of hydrogen-bond acceptors (Lipinski definition) is 5. The van der Waals surface area contributed by atoms with Crippen LogP contribution in [0.1, 0.15) is 36.2 Å². The normalized spacial score (nSPS) is 23.6. The van der Waals surface area contributed by atoms with Crippen LogP contribution in [0.15, 0.2) is 12.4 Å². The Morgan fingerprint density at radius 3 is 2.83 bits per heavy atom. The number of aromatic nitrogens is 2. The van der Waals surface area contributed by atoms with Crippen LogP contribution >= 0.6 is 0 Å². The smallest absolute Gasteiger partial charge is 0.273 e. The van der Waals surface area contributed by atoms with Gasteiger partial charge in [-0.05, 0) is 12.8 Å². The van der Waals surface area contributed by atoms with Gasteiger partial charge in [-0.1, -0.05) is 12.8 Å². The van der Waals surface area contributed by atoms with Crippen LogP contribution in [-0.2, 0) is 0 Å². The quantitative estimate of drug-likeness (QED) is 0.718. The molecule has 98 valence electrons. The van der Waals surface area contributed by atoms with E-state index in [4.69, 9.17) is 5.73 Å². The Kier molecular flexibility index (Phi) is 4.09. The van der Waals surface area contributed by atoms with Gasteiger partial charge in [-0.15, -0.1) is 0 Å². The van der Waals surface area contributed by atoms with E-state index in [0.717, 1.165) is 25.7 Å². The van der Waals surface area contributed by atoms with Crippen molar-refractivity contribution in [2.75, 3.05) is 12.3 Å². The van der Waals surface area contributed by atoms with Crippen LogP contribution in [0, 0.1) is 5.92 Å². The summed E-state index contributed by atoms with van der Waals surface area (Å²) >= 11 is 0. The van der Waals surface area contributed by atoms with Crippen molar-refractivity contribution in [3.63, 3.8) is 0 Å². The summed E-state index contributed by atoms with van der Waals surface area (Å²) in [6.07, 6.45) is 6.47. The van der Waals surface area contributed by atoms with Crippen LogP contribution in [0.5, 0.6) is 0 Å². The summed E-state index contributed by atoms with van der Waals surface area (Å²) in [7, 11) is 0. The number of rotatable bonds is 3. The van der Waals surface area contributed by atoms with Gasteiger partial charge < -0.3 is 16.2 Å². The molecule has 6 heteroatoms. The number of hydrogen-bond donors (Lipinski definition) is 3. The topological polar surface area (TPSA) is 101 Å². The second kappa shape index (κ2) is 5.77. The molecule has 0 bridgehead atoms. The number of nitrogens with two attached hydrogens (primary N) is 1. The van der Waals surface area contributed by atoms with E-state index in [-0.39, 0.29) is 29.4 Å². The monoisotopic (exact) mass is 250 g/mol. The van der Waals surface area contributed by atoms with E-state index in [1.807, 2.05) is 0 Å². The lowest BCUT2D eigenvalue weighted by Crippen LogP contribution is -2.37. The van der Waals surface area contributed by atoms with Gasteiger partial charge in [-0.3, -0.25) is 4.79 Å². The van der Waals surface area contributed by atoms with E-state index in [1.54, 1.807) is 0 Å². The van der Waals surface area contributed by atoms with Crippen molar-refractivity contribution in [2.24, 2.45) is 5.92 Å². The van der Waals surface area contributed by atoms with Gasteiger partial charge in [0.05, 0.1) is 6.10 Å². The van der Waals surface area contributed by atoms with E-state index >= 15 is 0 Å². The predicted molar refractivity (Wildman–Crippen MR) is 66.7 cm³/mol. The minimum Gasteiger partial charge on any atom is -0.393 e. The lowest BCUT2D eigenvalue weighted by atomic mass is 9.86. The molecule has 1 fully saturated rings. The number of nitrogens with zero attached hydrogens (tertiary/aromatic N) is 2. The minimum absolute atomic E-state index is 0.124. The third kappa shape index (κ3) is 2.95. The van der Waals surface area contributed by atoms with Crippen LogP contribution in [0.4, 0.5) is 5.82 Å². The molecule has 1 heterocycles. The van der Waals surface area contributed by atoms with E-state index in [2.05, 4.69) is 15.3 Å². The molecule has 0 saturated heterocycles. The second-order valence-corrected chi connectivity index (χ2v) is 4.61. The van der Waals surface area contributed by atoms with Crippen LogP contribution < -0.4 is 11.1 Å². The molecule has 1 amide bonds. The molecule has 6 nitrogen and oxygen atoms in total. The van der Waals surface area contributed by atoms with Crippen molar-refractivity contribution < 1.29 is 9.90 Å². The highest BCUT2D eigenvalue weighted by Gasteiger charge is 2.24. The number of carbonyl (C=O) groups is 1. The van der Waals surface area contributed by atoms with Gasteiger partial charge in [-0.2, -0.15) is 0 Å². The Balaban J connectivity index is 1.90. The van der Waals surface area contributed by atoms with E-state index in [0.29, 0.717) is 6.54 Å². The SMILES string of the molecule is Nc1nccnc1C(=O)NCC1CCCCC1O. The molecule has 0 aromatic carbocycles. The second-order valence-electron chi connectivity index (χ2n) is 4.61. The molecule has 4 N–H and O–H groups in total. The van der Waals surface area contributed by atoms with Crippen molar-refractivity contribution in [2.45, 2.75) is 31.8 Å². The molecule has 1 aliphatic rings. The average molecular weight is 250 g/mol. The first-order chi connectivity index (χ1) is 8.68. The first-order valence-corrected chi connectivity index (χ1v) is 6.21. The van der Waals surface area contributed by atoms with Crippen molar-refractivity contribution in [1.82, 2.24) is 15.3 Å². The van der Waals surface area contributed by atoms with Crippen LogP contribution in [-0.4, -0.2) is 33.6 Å². The van der Waals surface area contributed by atoms with E-state index in [9.17, 15) is 9.90 Å². The Morgan fingerprint density at radius 2 is 2.11 bits per heavy atom. The number of nitrogens with one attached hydrogen (secondary N) is 1. The summed E-state index contributed by atoms with van der Waals surface area (Å²) in [6, 6.07) is 0. The summed E-state index contributed by atoms with van der Waals surface area (Å²) in [4.78, 5) is 19.6.